The molecule has 1 aliphatic carbocycles. The third-order valence-electron chi connectivity index (χ3n) is 5.74. The summed E-state index contributed by atoms with van der Waals surface area (Å²) in [6.07, 6.45) is 4.00. The molecular weight excluding hydrogens is 396 g/mol. The highest BCUT2D eigenvalue weighted by atomic mass is 16.5. The topological polar surface area (TPSA) is 84.0 Å². The average molecular weight is 431 g/mol. The van der Waals surface area contributed by atoms with Crippen molar-refractivity contribution in [1.82, 2.24) is 9.80 Å². The van der Waals surface area contributed by atoms with Gasteiger partial charge in [0.05, 0.1) is 5.92 Å². The Balaban J connectivity index is 1.72. The van der Waals surface area contributed by atoms with Crippen molar-refractivity contribution in [3.63, 3.8) is 0 Å². The summed E-state index contributed by atoms with van der Waals surface area (Å²) in [4.78, 5) is 51.0. The van der Waals surface area contributed by atoms with E-state index in [2.05, 4.69) is 0 Å². The van der Waals surface area contributed by atoms with Crippen molar-refractivity contribution in [2.24, 2.45) is 5.92 Å². The first-order chi connectivity index (χ1) is 14.8. The van der Waals surface area contributed by atoms with Crippen LogP contribution in [0.1, 0.15) is 50.2 Å². The molecule has 1 aromatic rings. The Kier molecular flexibility index (Phi) is 9.85. The van der Waals surface area contributed by atoms with Crippen molar-refractivity contribution in [1.29, 1.82) is 0 Å². The number of amides is 2. The summed E-state index contributed by atoms with van der Waals surface area (Å²) in [6.45, 7) is 2.99. The van der Waals surface area contributed by atoms with E-state index in [0.29, 0.717) is 39.0 Å². The second kappa shape index (κ2) is 12.3. The molecule has 2 rings (SSSR count). The second-order valence-corrected chi connectivity index (χ2v) is 8.32. The molecule has 170 valence electrons. The number of Topliss-reactive ketones (excluding diaryl/α,β-unsaturated/α-hetero) is 2. The van der Waals surface area contributed by atoms with E-state index < -0.39 is 5.92 Å². The van der Waals surface area contributed by atoms with E-state index in [0.717, 1.165) is 24.0 Å². The largest absolute Gasteiger partial charge is 0.372 e. The molecule has 0 aliphatic heterocycles. The minimum atomic E-state index is -0.431. The van der Waals surface area contributed by atoms with Crippen molar-refractivity contribution in [3.8, 4) is 0 Å². The van der Waals surface area contributed by atoms with Crippen LogP contribution in [-0.2, 0) is 36.9 Å². The van der Waals surface area contributed by atoms with Crippen LogP contribution in [-0.4, -0.2) is 67.0 Å². The SMILES string of the molecule is CC(=O)N(C)CCCOCC(=O)N(C)Cc1ccc(CC(=O)C2CCCCC2=O)cc1. The summed E-state index contributed by atoms with van der Waals surface area (Å²) in [7, 11) is 3.46. The fourth-order valence-electron chi connectivity index (χ4n) is 3.60. The highest BCUT2D eigenvalue weighted by molar-refractivity contribution is 6.03. The van der Waals surface area contributed by atoms with Crippen LogP contribution in [0.4, 0.5) is 0 Å². The summed E-state index contributed by atoms with van der Waals surface area (Å²) in [5, 5.41) is 0. The number of nitrogens with zero attached hydrogens (tertiary/aromatic N) is 2. The van der Waals surface area contributed by atoms with Gasteiger partial charge >= 0.3 is 0 Å². The van der Waals surface area contributed by atoms with Crippen LogP contribution in [0.2, 0.25) is 0 Å². The fourth-order valence-corrected chi connectivity index (χ4v) is 3.60. The summed E-state index contributed by atoms with van der Waals surface area (Å²) >= 11 is 0. The van der Waals surface area contributed by atoms with Crippen molar-refractivity contribution in [2.75, 3.05) is 33.9 Å². The number of ether oxygens (including phenoxy) is 1. The van der Waals surface area contributed by atoms with Crippen LogP contribution in [0, 0.1) is 5.92 Å². The lowest BCUT2D eigenvalue weighted by Crippen LogP contribution is -2.30. The number of likely N-dealkylation sites (N-methyl/N-ethyl adjacent to an activating group) is 1. The van der Waals surface area contributed by atoms with Gasteiger partial charge in [-0.15, -0.1) is 0 Å². The minimum Gasteiger partial charge on any atom is -0.372 e. The van der Waals surface area contributed by atoms with Gasteiger partial charge in [0.25, 0.3) is 0 Å². The van der Waals surface area contributed by atoms with Gasteiger partial charge in [0.2, 0.25) is 11.8 Å². The highest BCUT2D eigenvalue weighted by Crippen LogP contribution is 2.23. The zero-order chi connectivity index (χ0) is 22.8. The number of carbonyl (C=O) groups excluding carboxylic acids is 4. The van der Waals surface area contributed by atoms with E-state index in [1.807, 2.05) is 24.3 Å². The van der Waals surface area contributed by atoms with Crippen LogP contribution < -0.4 is 0 Å². The normalized spacial score (nSPS) is 16.1. The van der Waals surface area contributed by atoms with E-state index >= 15 is 0 Å². The highest BCUT2D eigenvalue weighted by Gasteiger charge is 2.28. The van der Waals surface area contributed by atoms with Gasteiger partial charge in [-0.1, -0.05) is 30.7 Å². The van der Waals surface area contributed by atoms with Gasteiger partial charge in [0.15, 0.2) is 0 Å². The van der Waals surface area contributed by atoms with E-state index in [1.165, 1.54) is 6.92 Å². The number of hydrogen-bond acceptors (Lipinski definition) is 5. The Hall–Kier alpha value is -2.54. The fraction of sp³-hybridized carbons (Fsp3) is 0.583. The van der Waals surface area contributed by atoms with E-state index in [4.69, 9.17) is 4.74 Å². The van der Waals surface area contributed by atoms with Crippen LogP contribution >= 0.6 is 0 Å². The number of rotatable bonds is 11. The van der Waals surface area contributed by atoms with Crippen molar-refractivity contribution < 1.29 is 23.9 Å². The van der Waals surface area contributed by atoms with Gasteiger partial charge in [-0.2, -0.15) is 0 Å². The molecule has 1 aromatic carbocycles. The molecule has 1 unspecified atom stereocenters. The monoisotopic (exact) mass is 430 g/mol. The standard InChI is InChI=1S/C24H34N2O5/c1-18(27)25(2)13-6-14-31-17-24(30)26(3)16-20-11-9-19(10-12-20)15-23(29)21-7-4-5-8-22(21)28/h9-12,21H,4-8,13-17H2,1-3H3. The Morgan fingerprint density at radius 2 is 1.71 bits per heavy atom. The predicted molar refractivity (Wildman–Crippen MR) is 117 cm³/mol. The molecule has 0 spiro atoms. The zero-order valence-electron chi connectivity index (χ0n) is 18.9. The van der Waals surface area contributed by atoms with Gasteiger partial charge < -0.3 is 14.5 Å². The number of carbonyl (C=O) groups is 4. The molecule has 1 fully saturated rings. The maximum absolute atomic E-state index is 12.4. The Morgan fingerprint density at radius 1 is 1.03 bits per heavy atom. The molecule has 31 heavy (non-hydrogen) atoms. The van der Waals surface area contributed by atoms with E-state index in [1.54, 1.807) is 23.9 Å². The first-order valence-corrected chi connectivity index (χ1v) is 10.9. The lowest BCUT2D eigenvalue weighted by atomic mass is 9.83. The van der Waals surface area contributed by atoms with Gasteiger partial charge in [0, 0.05) is 53.6 Å². The second-order valence-electron chi connectivity index (χ2n) is 8.32. The summed E-state index contributed by atoms with van der Waals surface area (Å²) < 4.78 is 5.42. The smallest absolute Gasteiger partial charge is 0.248 e. The summed E-state index contributed by atoms with van der Waals surface area (Å²) in [6, 6.07) is 7.60. The Bertz CT molecular complexity index is 775. The van der Waals surface area contributed by atoms with E-state index in [9.17, 15) is 19.2 Å². The molecule has 0 saturated heterocycles. The van der Waals surface area contributed by atoms with Crippen molar-refractivity contribution in [2.45, 2.75) is 52.0 Å². The molecule has 2 amide bonds. The van der Waals surface area contributed by atoms with Gasteiger partial charge in [-0.05, 0) is 30.4 Å². The predicted octanol–water partition coefficient (Wildman–Crippen LogP) is 2.40. The molecule has 0 radical (unpaired) electrons. The van der Waals surface area contributed by atoms with Gasteiger partial charge in [-0.3, -0.25) is 19.2 Å². The zero-order valence-corrected chi connectivity index (χ0v) is 18.9. The molecule has 1 saturated carbocycles. The average Bonchev–Trinajstić information content (AvgIpc) is 2.74. The first kappa shape index (κ1) is 24.7. The molecule has 0 aromatic heterocycles. The molecule has 1 aliphatic rings. The Labute approximate surface area is 184 Å². The minimum absolute atomic E-state index is 0.00227. The number of hydrogen-bond donors (Lipinski definition) is 0. The first-order valence-electron chi connectivity index (χ1n) is 10.9. The third-order valence-corrected chi connectivity index (χ3v) is 5.74. The molecule has 7 heteroatoms. The summed E-state index contributed by atoms with van der Waals surface area (Å²) in [5.41, 5.74) is 1.85. The molecular formula is C24H34N2O5. The quantitative estimate of drug-likeness (QED) is 0.398. The summed E-state index contributed by atoms with van der Waals surface area (Å²) in [5.74, 6) is -0.443. The lowest BCUT2D eigenvalue weighted by molar-refractivity contribution is -0.136. The lowest BCUT2D eigenvalue weighted by Gasteiger charge is -2.19. The molecule has 0 N–H and O–H groups in total. The van der Waals surface area contributed by atoms with Gasteiger partial charge in [-0.25, -0.2) is 0 Å². The van der Waals surface area contributed by atoms with Gasteiger partial charge in [0.1, 0.15) is 18.2 Å². The van der Waals surface area contributed by atoms with Crippen LogP contribution in [0.15, 0.2) is 24.3 Å². The van der Waals surface area contributed by atoms with Crippen LogP contribution in [0.25, 0.3) is 0 Å². The molecule has 7 nitrogen and oxygen atoms in total. The molecule has 1 atom stereocenters. The van der Waals surface area contributed by atoms with Crippen LogP contribution in [0.5, 0.6) is 0 Å². The van der Waals surface area contributed by atoms with Crippen molar-refractivity contribution >= 4 is 23.4 Å². The van der Waals surface area contributed by atoms with Crippen LogP contribution in [0.3, 0.4) is 0 Å². The Morgan fingerprint density at radius 3 is 2.35 bits per heavy atom. The molecule has 0 heterocycles. The molecule has 0 bridgehead atoms. The maximum Gasteiger partial charge on any atom is 0.248 e. The third kappa shape index (κ3) is 8.25. The van der Waals surface area contributed by atoms with E-state index in [-0.39, 0.29) is 36.4 Å². The van der Waals surface area contributed by atoms with Crippen molar-refractivity contribution in [3.05, 3.63) is 35.4 Å². The number of ketones is 2. The maximum atomic E-state index is 12.4. The number of benzene rings is 1.